The summed E-state index contributed by atoms with van der Waals surface area (Å²) in [5.74, 6) is -0.527. The van der Waals surface area contributed by atoms with Crippen LogP contribution in [0.25, 0.3) is 0 Å². The van der Waals surface area contributed by atoms with Crippen molar-refractivity contribution in [2.75, 3.05) is 0 Å². The third kappa shape index (κ3) is 1.90. The Morgan fingerprint density at radius 3 is 2.67 bits per heavy atom. The average molecular weight is 195 g/mol. The molecule has 9 heavy (non-hydrogen) atoms. The van der Waals surface area contributed by atoms with Gasteiger partial charge in [-0.15, -0.1) is 0 Å². The summed E-state index contributed by atoms with van der Waals surface area (Å²) in [4.78, 5) is 0. The highest BCUT2D eigenvalue weighted by molar-refractivity contribution is 9.10. The van der Waals surface area contributed by atoms with E-state index in [-0.39, 0.29) is 6.42 Å². The van der Waals surface area contributed by atoms with Gasteiger partial charge in [0.05, 0.1) is 0 Å². The first kappa shape index (κ1) is 6.93. The maximum atomic E-state index is 12.7. The molecule has 0 heterocycles. The van der Waals surface area contributed by atoms with Crippen LogP contribution in [-0.2, 0) is 0 Å². The third-order valence-corrected chi connectivity index (χ3v) is 1.57. The Kier molecular flexibility index (Phi) is 1.70. The fraction of sp³-hybridized carbons (Fsp3) is 0.333. The molecular formula is C6H5BrF2. The van der Waals surface area contributed by atoms with Crippen molar-refractivity contribution in [2.24, 2.45) is 0 Å². The normalized spacial score (nSPS) is 34.3. The van der Waals surface area contributed by atoms with Crippen LogP contribution in [0.15, 0.2) is 24.1 Å². The van der Waals surface area contributed by atoms with E-state index in [1.165, 1.54) is 12.2 Å². The molecule has 0 fully saturated rings. The van der Waals surface area contributed by atoms with Crippen molar-refractivity contribution in [3.8, 4) is 0 Å². The standard InChI is InChI=1S/C6H5BrF2/c7-6(9)3-1-2-5(8)4-6/h1-2,4H,3H2. The lowest BCUT2D eigenvalue weighted by Crippen LogP contribution is -2.10. The number of hydrogen-bond acceptors (Lipinski definition) is 0. The third-order valence-electron chi connectivity index (χ3n) is 1.02. The molecule has 0 aromatic carbocycles. The summed E-state index contributed by atoms with van der Waals surface area (Å²) >= 11 is 2.70. The summed E-state index contributed by atoms with van der Waals surface area (Å²) < 4.78 is 23.2. The Labute approximate surface area is 60.4 Å². The van der Waals surface area contributed by atoms with Gasteiger partial charge in [-0.1, -0.05) is 6.08 Å². The van der Waals surface area contributed by atoms with Gasteiger partial charge in [-0.25, -0.2) is 8.78 Å². The molecule has 1 aliphatic carbocycles. The van der Waals surface area contributed by atoms with Gasteiger partial charge in [0, 0.05) is 6.42 Å². The van der Waals surface area contributed by atoms with E-state index in [4.69, 9.17) is 0 Å². The molecule has 0 aromatic rings. The van der Waals surface area contributed by atoms with Crippen LogP contribution in [0.1, 0.15) is 6.42 Å². The highest BCUT2D eigenvalue weighted by Gasteiger charge is 2.23. The maximum Gasteiger partial charge on any atom is 0.189 e. The van der Waals surface area contributed by atoms with Crippen molar-refractivity contribution in [3.63, 3.8) is 0 Å². The van der Waals surface area contributed by atoms with Crippen molar-refractivity contribution in [1.29, 1.82) is 0 Å². The predicted octanol–water partition coefficient (Wildman–Crippen LogP) is 2.86. The number of hydrogen-bond donors (Lipinski definition) is 0. The summed E-state index contributed by atoms with van der Waals surface area (Å²) in [6, 6.07) is 0. The van der Waals surface area contributed by atoms with Gasteiger partial charge in [0.1, 0.15) is 5.83 Å². The number of halogens is 3. The Morgan fingerprint density at radius 1 is 1.67 bits per heavy atom. The van der Waals surface area contributed by atoms with E-state index >= 15 is 0 Å². The Bertz CT molecular complexity index is 170. The van der Waals surface area contributed by atoms with E-state index in [0.29, 0.717) is 0 Å². The number of allylic oxidation sites excluding steroid dienone is 4. The van der Waals surface area contributed by atoms with E-state index in [1.54, 1.807) is 0 Å². The number of rotatable bonds is 0. The molecular weight excluding hydrogens is 190 g/mol. The SMILES string of the molecule is FC1=CC(F)(Br)CC=C1. The minimum absolute atomic E-state index is 0.195. The first-order chi connectivity index (χ1) is 4.10. The maximum absolute atomic E-state index is 12.7. The van der Waals surface area contributed by atoms with Crippen molar-refractivity contribution < 1.29 is 8.78 Å². The van der Waals surface area contributed by atoms with Gasteiger partial charge in [0.15, 0.2) is 4.58 Å². The predicted molar refractivity (Wildman–Crippen MR) is 35.7 cm³/mol. The van der Waals surface area contributed by atoms with Crippen molar-refractivity contribution >= 4 is 15.9 Å². The molecule has 3 heteroatoms. The molecule has 1 aliphatic rings. The molecule has 0 N–H and O–H groups in total. The van der Waals surface area contributed by atoms with Crippen LogP contribution in [0, 0.1) is 0 Å². The highest BCUT2D eigenvalue weighted by atomic mass is 79.9. The van der Waals surface area contributed by atoms with Crippen LogP contribution in [0.2, 0.25) is 0 Å². The Balaban J connectivity index is 2.78. The first-order valence-electron chi connectivity index (χ1n) is 2.53. The van der Waals surface area contributed by atoms with Crippen LogP contribution in [0.3, 0.4) is 0 Å². The lowest BCUT2D eigenvalue weighted by atomic mass is 10.1. The lowest BCUT2D eigenvalue weighted by molar-refractivity contribution is 0.359. The summed E-state index contributed by atoms with van der Waals surface area (Å²) in [6.45, 7) is 0. The lowest BCUT2D eigenvalue weighted by Gasteiger charge is -2.13. The summed E-state index contributed by atoms with van der Waals surface area (Å²) in [7, 11) is 0. The van der Waals surface area contributed by atoms with Crippen molar-refractivity contribution in [2.45, 2.75) is 11.0 Å². The van der Waals surface area contributed by atoms with Crippen molar-refractivity contribution in [3.05, 3.63) is 24.1 Å². The topological polar surface area (TPSA) is 0 Å². The zero-order valence-electron chi connectivity index (χ0n) is 4.57. The Morgan fingerprint density at radius 2 is 2.33 bits per heavy atom. The van der Waals surface area contributed by atoms with Crippen molar-refractivity contribution in [1.82, 2.24) is 0 Å². The van der Waals surface area contributed by atoms with Crippen LogP contribution < -0.4 is 0 Å². The quantitative estimate of drug-likeness (QED) is 0.521. The molecule has 0 saturated heterocycles. The molecule has 0 amide bonds. The molecule has 1 unspecified atom stereocenters. The van der Waals surface area contributed by atoms with Crippen LogP contribution >= 0.6 is 15.9 Å². The molecule has 0 nitrogen and oxygen atoms in total. The van der Waals surface area contributed by atoms with Gasteiger partial charge in [0.25, 0.3) is 0 Å². The molecule has 0 aromatic heterocycles. The summed E-state index contributed by atoms with van der Waals surface area (Å²) in [6.07, 6.45) is 3.80. The highest BCUT2D eigenvalue weighted by Crippen LogP contribution is 2.31. The molecule has 0 spiro atoms. The van der Waals surface area contributed by atoms with Gasteiger partial charge in [-0.2, -0.15) is 0 Å². The molecule has 0 saturated carbocycles. The zero-order valence-corrected chi connectivity index (χ0v) is 6.16. The van der Waals surface area contributed by atoms with Crippen LogP contribution in [0.5, 0.6) is 0 Å². The average Bonchev–Trinajstić information content (AvgIpc) is 1.60. The fourth-order valence-electron chi connectivity index (χ4n) is 0.637. The van der Waals surface area contributed by atoms with E-state index < -0.39 is 10.4 Å². The van der Waals surface area contributed by atoms with E-state index in [9.17, 15) is 8.78 Å². The smallest absolute Gasteiger partial charge is 0.189 e. The van der Waals surface area contributed by atoms with Crippen LogP contribution in [0.4, 0.5) is 8.78 Å². The largest absolute Gasteiger partial charge is 0.226 e. The van der Waals surface area contributed by atoms with Gasteiger partial charge >= 0.3 is 0 Å². The minimum Gasteiger partial charge on any atom is -0.226 e. The zero-order chi connectivity index (χ0) is 6.91. The second kappa shape index (κ2) is 2.21. The van der Waals surface area contributed by atoms with Gasteiger partial charge < -0.3 is 0 Å². The van der Waals surface area contributed by atoms with Gasteiger partial charge in [-0.05, 0) is 28.1 Å². The molecule has 1 rings (SSSR count). The fourth-order valence-corrected chi connectivity index (χ4v) is 1.04. The van der Waals surface area contributed by atoms with Gasteiger partial charge in [-0.3, -0.25) is 0 Å². The molecule has 50 valence electrons. The second-order valence-electron chi connectivity index (χ2n) is 1.90. The Hall–Kier alpha value is -0.180. The molecule has 1 atom stereocenters. The van der Waals surface area contributed by atoms with E-state index in [2.05, 4.69) is 15.9 Å². The van der Waals surface area contributed by atoms with Gasteiger partial charge in [0.2, 0.25) is 0 Å². The number of alkyl halides is 2. The monoisotopic (exact) mass is 194 g/mol. The summed E-state index contributed by atoms with van der Waals surface area (Å²) in [5, 5.41) is 0. The first-order valence-corrected chi connectivity index (χ1v) is 3.32. The second-order valence-corrected chi connectivity index (χ2v) is 3.22. The summed E-state index contributed by atoms with van der Waals surface area (Å²) in [5.41, 5.74) is 0. The van der Waals surface area contributed by atoms with E-state index in [0.717, 1.165) is 6.08 Å². The van der Waals surface area contributed by atoms with Crippen LogP contribution in [-0.4, -0.2) is 4.58 Å². The molecule has 0 radical (unpaired) electrons. The molecule has 0 bridgehead atoms. The van der Waals surface area contributed by atoms with E-state index in [1.807, 2.05) is 0 Å². The minimum atomic E-state index is -1.66. The molecule has 0 aliphatic heterocycles.